The molecule has 0 aromatic carbocycles. The van der Waals surface area contributed by atoms with Crippen LogP contribution in [-0.2, 0) is 4.79 Å². The summed E-state index contributed by atoms with van der Waals surface area (Å²) in [5.74, 6) is -2.14. The first-order chi connectivity index (χ1) is 8.59. The Balaban J connectivity index is 4.80. The summed E-state index contributed by atoms with van der Waals surface area (Å²) in [5, 5.41) is 0. The molecule has 1 atom stereocenters. The van der Waals surface area contributed by atoms with Crippen molar-refractivity contribution < 1.29 is 18.0 Å². The van der Waals surface area contributed by atoms with Crippen molar-refractivity contribution in [3.05, 3.63) is 0 Å². The fraction of sp³-hybridized carbons (Fsp3) is 0.818. The van der Waals surface area contributed by atoms with Crippen molar-refractivity contribution in [3.63, 3.8) is 0 Å². The van der Waals surface area contributed by atoms with Gasteiger partial charge in [0.25, 0.3) is 0 Å². The highest BCUT2D eigenvalue weighted by Crippen LogP contribution is 2.27. The average Bonchev–Trinajstić information content (AvgIpc) is 2.23. The molecule has 2 N–H and O–H groups in total. The van der Waals surface area contributed by atoms with E-state index in [1.54, 1.807) is 14.1 Å². The molecule has 0 aliphatic heterocycles. The van der Waals surface area contributed by atoms with Gasteiger partial charge in [0.1, 0.15) is 5.92 Å². The van der Waals surface area contributed by atoms with Crippen LogP contribution in [0.15, 0.2) is 0 Å². The quantitative estimate of drug-likeness (QED) is 0.719. The second kappa shape index (κ2) is 7.64. The Labute approximate surface area is 116 Å². The summed E-state index contributed by atoms with van der Waals surface area (Å²) in [5.41, 5.74) is 5.15. The van der Waals surface area contributed by atoms with E-state index in [1.807, 2.05) is 6.92 Å². The molecule has 0 spiro atoms. The number of hydrogen-bond donors (Lipinski definition) is 1. The van der Waals surface area contributed by atoms with Gasteiger partial charge in [-0.15, -0.1) is 0 Å². The van der Waals surface area contributed by atoms with E-state index in [1.165, 1.54) is 9.80 Å². The van der Waals surface area contributed by atoms with Crippen molar-refractivity contribution in [2.75, 3.05) is 33.7 Å². The van der Waals surface area contributed by atoms with Crippen LogP contribution >= 0.6 is 12.2 Å². The molecule has 0 radical (unpaired) electrons. The van der Waals surface area contributed by atoms with E-state index in [4.69, 9.17) is 5.73 Å². The number of nitrogens with two attached hydrogens (primary N) is 1. The molecule has 0 heterocycles. The molecule has 0 aromatic rings. The van der Waals surface area contributed by atoms with E-state index < -0.39 is 17.1 Å². The van der Waals surface area contributed by atoms with Crippen LogP contribution in [0, 0.1) is 5.92 Å². The lowest BCUT2D eigenvalue weighted by molar-refractivity contribution is -0.160. The van der Waals surface area contributed by atoms with Crippen LogP contribution in [0.2, 0.25) is 0 Å². The molecular weight excluding hydrogens is 279 g/mol. The summed E-state index contributed by atoms with van der Waals surface area (Å²) >= 11 is 4.47. The minimum absolute atomic E-state index is 0.0734. The Morgan fingerprint density at radius 2 is 1.89 bits per heavy atom. The second-order valence-corrected chi connectivity index (χ2v) is 4.99. The zero-order valence-electron chi connectivity index (χ0n) is 11.3. The molecular formula is C11H20F3N3OS. The van der Waals surface area contributed by atoms with Crippen LogP contribution in [0.5, 0.6) is 0 Å². The minimum Gasteiger partial charge on any atom is -0.393 e. The minimum atomic E-state index is -4.49. The number of thiocarbonyl (C=S) groups is 1. The van der Waals surface area contributed by atoms with E-state index in [-0.39, 0.29) is 19.0 Å². The Kier molecular flexibility index (Phi) is 7.28. The van der Waals surface area contributed by atoms with Crippen LogP contribution in [0.25, 0.3) is 0 Å². The van der Waals surface area contributed by atoms with Gasteiger partial charge in [0.2, 0.25) is 5.91 Å². The number of alkyl halides is 3. The predicted molar refractivity (Wildman–Crippen MR) is 71.8 cm³/mol. The zero-order chi connectivity index (χ0) is 15.2. The van der Waals surface area contributed by atoms with Gasteiger partial charge in [-0.2, -0.15) is 13.2 Å². The van der Waals surface area contributed by atoms with Crippen molar-refractivity contribution in [1.82, 2.24) is 9.80 Å². The van der Waals surface area contributed by atoms with Gasteiger partial charge in [-0.05, 0) is 13.0 Å². The summed E-state index contributed by atoms with van der Waals surface area (Å²) in [6, 6.07) is 0. The number of nitrogens with zero attached hydrogens (tertiary/aromatic N) is 2. The normalized spacial score (nSPS) is 13.4. The van der Waals surface area contributed by atoms with Crippen LogP contribution < -0.4 is 5.73 Å². The Morgan fingerprint density at radius 1 is 1.37 bits per heavy atom. The van der Waals surface area contributed by atoms with Crippen molar-refractivity contribution in [2.24, 2.45) is 11.7 Å². The largest absolute Gasteiger partial charge is 0.399 e. The second-order valence-electron chi connectivity index (χ2n) is 4.52. The van der Waals surface area contributed by atoms with Gasteiger partial charge >= 0.3 is 6.18 Å². The fourth-order valence-electron chi connectivity index (χ4n) is 1.50. The van der Waals surface area contributed by atoms with E-state index in [2.05, 4.69) is 12.2 Å². The van der Waals surface area contributed by atoms with E-state index in [0.29, 0.717) is 13.0 Å². The van der Waals surface area contributed by atoms with Gasteiger partial charge in [0.05, 0.1) is 11.5 Å². The Morgan fingerprint density at radius 3 is 2.21 bits per heavy atom. The molecule has 0 rings (SSSR count). The molecule has 4 nitrogen and oxygen atoms in total. The van der Waals surface area contributed by atoms with Crippen molar-refractivity contribution in [2.45, 2.75) is 19.5 Å². The molecule has 0 saturated heterocycles. The van der Waals surface area contributed by atoms with E-state index in [0.717, 1.165) is 0 Å². The third-order valence-electron chi connectivity index (χ3n) is 2.58. The summed E-state index contributed by atoms with van der Waals surface area (Å²) in [7, 11) is 3.11. The summed E-state index contributed by atoms with van der Waals surface area (Å²) < 4.78 is 38.3. The lowest BCUT2D eigenvalue weighted by Crippen LogP contribution is -2.46. The van der Waals surface area contributed by atoms with Crippen LogP contribution in [0.4, 0.5) is 13.2 Å². The summed E-state index contributed by atoms with van der Waals surface area (Å²) in [6.45, 7) is 1.76. The third-order valence-corrected chi connectivity index (χ3v) is 2.86. The maximum atomic E-state index is 12.8. The molecule has 8 heteroatoms. The smallest absolute Gasteiger partial charge is 0.393 e. The van der Waals surface area contributed by atoms with Gasteiger partial charge in [0, 0.05) is 20.6 Å². The van der Waals surface area contributed by atoms with Crippen molar-refractivity contribution >= 4 is 23.1 Å². The van der Waals surface area contributed by atoms with Gasteiger partial charge in [0.15, 0.2) is 0 Å². The molecule has 0 aromatic heterocycles. The average molecular weight is 299 g/mol. The van der Waals surface area contributed by atoms with Gasteiger partial charge in [-0.25, -0.2) is 0 Å². The number of carbonyl (C=O) groups excluding carboxylic acids is 1. The first kappa shape index (κ1) is 18.1. The number of rotatable bonds is 7. The highest BCUT2D eigenvalue weighted by molar-refractivity contribution is 7.80. The molecule has 0 bridgehead atoms. The maximum Gasteiger partial charge on any atom is 0.399 e. The molecule has 0 aliphatic rings. The van der Waals surface area contributed by atoms with Crippen LogP contribution in [-0.4, -0.2) is 60.6 Å². The molecule has 0 fully saturated rings. The molecule has 0 aliphatic carbocycles. The Hall–Kier alpha value is -0.890. The number of amides is 1. The zero-order valence-corrected chi connectivity index (χ0v) is 12.1. The van der Waals surface area contributed by atoms with Crippen molar-refractivity contribution in [3.8, 4) is 0 Å². The highest BCUT2D eigenvalue weighted by atomic mass is 32.1. The van der Waals surface area contributed by atoms with Gasteiger partial charge in [-0.1, -0.05) is 19.1 Å². The van der Waals surface area contributed by atoms with Gasteiger partial charge < -0.3 is 10.6 Å². The summed E-state index contributed by atoms with van der Waals surface area (Å²) in [6.07, 6.45) is -3.85. The SMILES string of the molecule is CCCN(CC(=O)N(C)C)CC(C(N)=S)C(F)(F)F. The van der Waals surface area contributed by atoms with Crippen molar-refractivity contribution in [1.29, 1.82) is 0 Å². The standard InChI is InChI=1S/C11H20F3N3OS/c1-4-5-17(7-9(18)16(2)3)6-8(10(15)19)11(12,13)14/h8H,4-7H2,1-3H3,(H2,15,19). The number of halogens is 3. The van der Waals surface area contributed by atoms with Crippen LogP contribution in [0.3, 0.4) is 0 Å². The first-order valence-corrected chi connectivity index (χ1v) is 6.29. The topological polar surface area (TPSA) is 49.6 Å². The molecule has 1 unspecified atom stereocenters. The maximum absolute atomic E-state index is 12.8. The molecule has 0 saturated carbocycles. The number of hydrogen-bond acceptors (Lipinski definition) is 3. The molecule has 1 amide bonds. The lowest BCUT2D eigenvalue weighted by Gasteiger charge is -2.28. The van der Waals surface area contributed by atoms with E-state index >= 15 is 0 Å². The highest BCUT2D eigenvalue weighted by Gasteiger charge is 2.42. The van der Waals surface area contributed by atoms with E-state index in [9.17, 15) is 18.0 Å². The number of carbonyl (C=O) groups is 1. The van der Waals surface area contributed by atoms with Gasteiger partial charge in [-0.3, -0.25) is 9.69 Å². The lowest BCUT2D eigenvalue weighted by atomic mass is 10.1. The van der Waals surface area contributed by atoms with Crippen LogP contribution in [0.1, 0.15) is 13.3 Å². The first-order valence-electron chi connectivity index (χ1n) is 5.88. The predicted octanol–water partition coefficient (Wildman–Crippen LogP) is 1.25. The summed E-state index contributed by atoms with van der Waals surface area (Å²) in [4.78, 5) is 13.7. The Bertz CT molecular complexity index is 321. The fourth-order valence-corrected chi connectivity index (χ4v) is 1.70. The number of likely N-dealkylation sites (N-methyl/N-ethyl adjacent to an activating group) is 1. The monoisotopic (exact) mass is 299 g/mol. The molecule has 112 valence electrons. The molecule has 19 heavy (non-hydrogen) atoms. The third kappa shape index (κ3) is 6.72.